The lowest BCUT2D eigenvalue weighted by molar-refractivity contribution is -0.188. The maximum Gasteiger partial charge on any atom is 0.404 e. The number of hydrogen-bond donors (Lipinski definition) is 1. The predicted molar refractivity (Wildman–Crippen MR) is 83.1 cm³/mol. The Hall–Kier alpha value is -2.07. The van der Waals surface area contributed by atoms with Crippen LogP contribution in [0.5, 0.6) is 0 Å². The quantitative estimate of drug-likeness (QED) is 0.917. The molecule has 1 fully saturated rings. The number of likely N-dealkylation sites (N-methyl/N-ethyl adjacent to an activating group) is 1. The second-order valence-electron chi connectivity index (χ2n) is 6.15. The highest BCUT2D eigenvalue weighted by atomic mass is 19.4. The summed E-state index contributed by atoms with van der Waals surface area (Å²) < 4.78 is 38.4. The van der Waals surface area contributed by atoms with E-state index < -0.39 is 12.2 Å². The Morgan fingerprint density at radius 1 is 1.33 bits per heavy atom. The molecule has 2 atom stereocenters. The maximum absolute atomic E-state index is 12.8. The molecule has 0 bridgehead atoms. The number of benzene rings is 1. The summed E-state index contributed by atoms with van der Waals surface area (Å²) in [6, 6.07) is 7.34. The number of piperidine rings is 1. The number of amides is 1. The fourth-order valence-corrected chi connectivity index (χ4v) is 2.98. The molecule has 0 saturated carbocycles. The lowest BCUT2D eigenvalue weighted by atomic mass is 9.98. The molecule has 0 unspecified atom stereocenters. The highest BCUT2D eigenvalue weighted by molar-refractivity contribution is 5.76. The molecule has 0 aromatic heterocycles. The van der Waals surface area contributed by atoms with Gasteiger partial charge in [-0.15, -0.1) is 0 Å². The highest BCUT2D eigenvalue weighted by Gasteiger charge is 2.44. The van der Waals surface area contributed by atoms with Crippen molar-refractivity contribution in [2.75, 3.05) is 13.6 Å². The SMILES string of the molecule is CN1C[C@@H](NC(=O)CCc2ccc(C#N)cc2)CC[C@@H]1C(F)(F)F. The number of carbonyl (C=O) groups is 1. The molecule has 4 nitrogen and oxygen atoms in total. The van der Waals surface area contributed by atoms with Gasteiger partial charge in [0.2, 0.25) is 5.91 Å². The summed E-state index contributed by atoms with van der Waals surface area (Å²) in [6.07, 6.45) is -3.09. The molecule has 1 amide bonds. The van der Waals surface area contributed by atoms with Gasteiger partial charge in [0.15, 0.2) is 0 Å². The van der Waals surface area contributed by atoms with Gasteiger partial charge < -0.3 is 5.32 Å². The molecule has 0 spiro atoms. The molecule has 1 aliphatic heterocycles. The van der Waals surface area contributed by atoms with Crippen molar-refractivity contribution in [1.29, 1.82) is 5.26 Å². The Morgan fingerprint density at radius 3 is 2.54 bits per heavy atom. The number of hydrogen-bond acceptors (Lipinski definition) is 3. The van der Waals surface area contributed by atoms with Crippen molar-refractivity contribution in [1.82, 2.24) is 10.2 Å². The van der Waals surface area contributed by atoms with Gasteiger partial charge in [-0.05, 0) is 44.0 Å². The molecule has 1 aromatic rings. The first-order chi connectivity index (χ1) is 11.3. The maximum atomic E-state index is 12.8. The molecule has 0 aliphatic carbocycles. The third kappa shape index (κ3) is 4.96. The third-order valence-corrected chi connectivity index (χ3v) is 4.30. The van der Waals surface area contributed by atoms with E-state index in [2.05, 4.69) is 5.32 Å². The van der Waals surface area contributed by atoms with Crippen LogP contribution in [0.25, 0.3) is 0 Å². The van der Waals surface area contributed by atoms with Crippen LogP contribution in [0.1, 0.15) is 30.4 Å². The largest absolute Gasteiger partial charge is 0.404 e. The van der Waals surface area contributed by atoms with Crippen molar-refractivity contribution in [2.24, 2.45) is 0 Å². The van der Waals surface area contributed by atoms with E-state index in [0.717, 1.165) is 5.56 Å². The van der Waals surface area contributed by atoms with E-state index in [0.29, 0.717) is 18.4 Å². The molecule has 130 valence electrons. The van der Waals surface area contributed by atoms with Gasteiger partial charge in [-0.1, -0.05) is 12.1 Å². The van der Waals surface area contributed by atoms with Crippen molar-refractivity contribution in [2.45, 2.75) is 43.9 Å². The Balaban J connectivity index is 1.78. The normalized spacial score (nSPS) is 22.0. The Morgan fingerprint density at radius 2 is 2.00 bits per heavy atom. The summed E-state index contributed by atoms with van der Waals surface area (Å²) >= 11 is 0. The fourth-order valence-electron chi connectivity index (χ4n) is 2.98. The number of nitrogens with zero attached hydrogens (tertiary/aromatic N) is 2. The number of alkyl halides is 3. The lowest BCUT2D eigenvalue weighted by Gasteiger charge is -2.38. The minimum Gasteiger partial charge on any atom is -0.352 e. The van der Waals surface area contributed by atoms with Crippen LogP contribution in [0.3, 0.4) is 0 Å². The van der Waals surface area contributed by atoms with Crippen molar-refractivity contribution in [3.63, 3.8) is 0 Å². The standard InChI is InChI=1S/C17H20F3N3O/c1-23-11-14(7-8-15(23)17(18,19)20)22-16(24)9-6-12-2-4-13(10-21)5-3-12/h2-5,14-15H,6-9,11H2,1H3,(H,22,24)/t14-,15+/m0/s1. The number of aryl methyl sites for hydroxylation is 1. The second kappa shape index (κ2) is 7.67. The van der Waals surface area contributed by atoms with Crippen molar-refractivity contribution >= 4 is 5.91 Å². The van der Waals surface area contributed by atoms with Crippen molar-refractivity contribution < 1.29 is 18.0 Å². The highest BCUT2D eigenvalue weighted by Crippen LogP contribution is 2.30. The van der Waals surface area contributed by atoms with Gasteiger partial charge in [-0.2, -0.15) is 18.4 Å². The van der Waals surface area contributed by atoms with E-state index in [1.54, 1.807) is 24.3 Å². The summed E-state index contributed by atoms with van der Waals surface area (Å²) in [6.45, 7) is 0.201. The zero-order valence-corrected chi connectivity index (χ0v) is 13.4. The van der Waals surface area contributed by atoms with Crippen LogP contribution in [0.2, 0.25) is 0 Å². The van der Waals surface area contributed by atoms with Crippen molar-refractivity contribution in [3.05, 3.63) is 35.4 Å². The van der Waals surface area contributed by atoms with E-state index in [-0.39, 0.29) is 31.3 Å². The van der Waals surface area contributed by atoms with Crippen LogP contribution in [0.15, 0.2) is 24.3 Å². The summed E-state index contributed by atoms with van der Waals surface area (Å²) in [5, 5.41) is 11.5. The van der Waals surface area contributed by atoms with E-state index in [4.69, 9.17) is 5.26 Å². The first-order valence-corrected chi connectivity index (χ1v) is 7.85. The average Bonchev–Trinajstić information content (AvgIpc) is 2.52. The van der Waals surface area contributed by atoms with E-state index >= 15 is 0 Å². The van der Waals surface area contributed by atoms with Crippen LogP contribution in [-0.2, 0) is 11.2 Å². The summed E-state index contributed by atoms with van der Waals surface area (Å²) in [5.74, 6) is -0.164. The van der Waals surface area contributed by atoms with Crippen LogP contribution >= 0.6 is 0 Å². The Bertz CT molecular complexity index is 607. The first kappa shape index (κ1) is 18.3. The number of carbonyl (C=O) groups excluding carboxylic acids is 1. The first-order valence-electron chi connectivity index (χ1n) is 7.85. The van der Waals surface area contributed by atoms with Gasteiger partial charge in [0.05, 0.1) is 11.6 Å². The summed E-state index contributed by atoms with van der Waals surface area (Å²) in [4.78, 5) is 13.2. The number of likely N-dealkylation sites (tertiary alicyclic amines) is 1. The molecule has 1 aromatic carbocycles. The number of halogens is 3. The van der Waals surface area contributed by atoms with E-state index in [1.807, 2.05) is 6.07 Å². The van der Waals surface area contributed by atoms with Crippen molar-refractivity contribution in [3.8, 4) is 6.07 Å². The van der Waals surface area contributed by atoms with E-state index in [9.17, 15) is 18.0 Å². The smallest absolute Gasteiger partial charge is 0.352 e. The molecule has 1 N–H and O–H groups in total. The fraction of sp³-hybridized carbons (Fsp3) is 0.529. The second-order valence-corrected chi connectivity index (χ2v) is 6.15. The molecule has 1 saturated heterocycles. The Labute approximate surface area is 139 Å². The van der Waals surface area contributed by atoms with Gasteiger partial charge in [0.25, 0.3) is 0 Å². The molecular formula is C17H20F3N3O. The average molecular weight is 339 g/mol. The van der Waals surface area contributed by atoms with Gasteiger partial charge in [-0.25, -0.2) is 0 Å². The summed E-state index contributed by atoms with van der Waals surface area (Å²) in [5.41, 5.74) is 1.51. The molecule has 2 rings (SSSR count). The zero-order valence-electron chi connectivity index (χ0n) is 13.4. The van der Waals surface area contributed by atoms with Crippen LogP contribution in [0.4, 0.5) is 13.2 Å². The topological polar surface area (TPSA) is 56.1 Å². The number of rotatable bonds is 4. The van der Waals surface area contributed by atoms with Gasteiger partial charge >= 0.3 is 6.18 Å². The number of nitrogens with one attached hydrogen (secondary N) is 1. The molecule has 1 heterocycles. The minimum atomic E-state index is -4.22. The Kier molecular flexibility index (Phi) is 5.84. The molecular weight excluding hydrogens is 319 g/mol. The molecule has 1 aliphatic rings. The van der Waals surface area contributed by atoms with Gasteiger partial charge in [0.1, 0.15) is 6.04 Å². The summed E-state index contributed by atoms with van der Waals surface area (Å²) in [7, 11) is 1.44. The van der Waals surface area contributed by atoms with Crippen LogP contribution in [-0.4, -0.2) is 42.7 Å². The number of nitriles is 1. The lowest BCUT2D eigenvalue weighted by Crippen LogP contribution is -2.54. The van der Waals surface area contributed by atoms with Gasteiger partial charge in [0, 0.05) is 19.0 Å². The van der Waals surface area contributed by atoms with Gasteiger partial charge in [-0.3, -0.25) is 9.69 Å². The molecule has 0 radical (unpaired) electrons. The monoisotopic (exact) mass is 339 g/mol. The molecule has 7 heteroatoms. The minimum absolute atomic E-state index is 0.000564. The van der Waals surface area contributed by atoms with Crippen LogP contribution < -0.4 is 5.32 Å². The zero-order chi connectivity index (χ0) is 17.7. The third-order valence-electron chi connectivity index (χ3n) is 4.30. The predicted octanol–water partition coefficient (Wildman–Crippen LogP) is 2.63. The van der Waals surface area contributed by atoms with Crippen LogP contribution in [0, 0.1) is 11.3 Å². The van der Waals surface area contributed by atoms with E-state index in [1.165, 1.54) is 11.9 Å². The molecule has 24 heavy (non-hydrogen) atoms.